The van der Waals surface area contributed by atoms with Gasteiger partial charge in [0.2, 0.25) is 0 Å². The fourth-order valence-corrected chi connectivity index (χ4v) is 8.33. The Morgan fingerprint density at radius 1 is 0.415 bits per heavy atom. The Kier molecular flexibility index (Phi) is 22.7. The number of hydrogen-bond acceptors (Lipinski definition) is 6. The molecular weight excluding hydrogens is 826 g/mol. The third-order valence-corrected chi connectivity index (χ3v) is 11.6. The summed E-state index contributed by atoms with van der Waals surface area (Å²) in [7, 11) is -8.88. The van der Waals surface area contributed by atoms with Gasteiger partial charge >= 0.3 is 48.9 Å². The largest absolute Gasteiger partial charge is 2.00 e. The maximum Gasteiger partial charge on any atom is 2.00 e. The van der Waals surface area contributed by atoms with Crippen LogP contribution in [0.3, 0.4) is 0 Å². The van der Waals surface area contributed by atoms with Crippen molar-refractivity contribution in [2.45, 2.75) is 166 Å². The standard InChI is InChI=1S/2C22H32O3S.Ba/c2*1-3-5-7-9-12-18-14-11-15-20-17-21(26(23,24)25)16-19(22(18)20)13-10-8-6-4-2;/h2*11,14-17H,3-10,12-13H2,1-2H3,(H,23,24,25);/q;;+2/p-2. The quantitative estimate of drug-likeness (QED) is 0.0441. The fraction of sp³-hybridized carbons (Fsp3) is 0.545. The maximum atomic E-state index is 11.6. The first kappa shape index (κ1) is 47.9. The first-order valence-corrected chi connectivity index (χ1v) is 22.8. The third kappa shape index (κ3) is 16.1. The van der Waals surface area contributed by atoms with Gasteiger partial charge in [-0.1, -0.05) is 141 Å². The van der Waals surface area contributed by atoms with E-state index in [9.17, 15) is 25.9 Å². The number of rotatable bonds is 22. The van der Waals surface area contributed by atoms with Crippen LogP contribution >= 0.6 is 0 Å². The summed E-state index contributed by atoms with van der Waals surface area (Å²) in [5.41, 5.74) is 4.58. The van der Waals surface area contributed by atoms with Crippen LogP contribution in [0.15, 0.2) is 70.5 Å². The fourth-order valence-electron chi connectivity index (χ4n) is 7.21. The van der Waals surface area contributed by atoms with Crippen LogP contribution < -0.4 is 0 Å². The zero-order valence-electron chi connectivity index (χ0n) is 32.9. The van der Waals surface area contributed by atoms with E-state index in [1.165, 1.54) is 75.3 Å². The smallest absolute Gasteiger partial charge is 0.744 e. The Hall–Kier alpha value is -1.21. The summed E-state index contributed by atoms with van der Waals surface area (Å²) in [6, 6.07) is 18.4. The second kappa shape index (κ2) is 25.1. The molecule has 0 heterocycles. The van der Waals surface area contributed by atoms with E-state index in [0.717, 1.165) is 96.9 Å². The molecule has 0 atom stereocenters. The molecule has 288 valence electrons. The topological polar surface area (TPSA) is 114 Å². The van der Waals surface area contributed by atoms with E-state index >= 15 is 0 Å². The summed E-state index contributed by atoms with van der Waals surface area (Å²) in [6.45, 7) is 8.76. The van der Waals surface area contributed by atoms with Gasteiger partial charge in [0.1, 0.15) is 20.2 Å². The molecule has 0 aliphatic heterocycles. The minimum atomic E-state index is -4.44. The normalized spacial score (nSPS) is 11.7. The molecule has 0 aliphatic rings. The van der Waals surface area contributed by atoms with E-state index in [0.29, 0.717) is 0 Å². The molecule has 9 heteroatoms. The molecule has 0 aromatic heterocycles. The van der Waals surface area contributed by atoms with Gasteiger partial charge in [-0.05, 0) is 119 Å². The first-order valence-electron chi connectivity index (χ1n) is 19.9. The van der Waals surface area contributed by atoms with Gasteiger partial charge < -0.3 is 9.11 Å². The molecule has 0 saturated carbocycles. The molecule has 0 amide bonds. The summed E-state index contributed by atoms with van der Waals surface area (Å²) in [5.74, 6) is 0. The van der Waals surface area contributed by atoms with Crippen molar-refractivity contribution in [1.29, 1.82) is 0 Å². The van der Waals surface area contributed by atoms with Gasteiger partial charge in [0.05, 0.1) is 9.79 Å². The van der Waals surface area contributed by atoms with E-state index in [-0.39, 0.29) is 58.7 Å². The molecule has 53 heavy (non-hydrogen) atoms. The average molecular weight is 888 g/mol. The minimum Gasteiger partial charge on any atom is -0.744 e. The maximum absolute atomic E-state index is 11.6. The SMILES string of the molecule is CCCCCCc1cccc2cc(S(=O)(=O)[O-])cc(CCCCCC)c12.CCCCCCc1cccc2cc(S(=O)(=O)[O-])cc(CCCCCC)c12.[Ba+2]. The van der Waals surface area contributed by atoms with Crippen molar-refractivity contribution in [3.05, 3.63) is 82.9 Å². The van der Waals surface area contributed by atoms with Crippen molar-refractivity contribution in [3.8, 4) is 0 Å². The van der Waals surface area contributed by atoms with E-state index in [1.54, 1.807) is 24.3 Å². The second-order valence-corrected chi connectivity index (χ2v) is 17.1. The molecule has 4 aromatic carbocycles. The van der Waals surface area contributed by atoms with Gasteiger partial charge in [0, 0.05) is 0 Å². The summed E-state index contributed by atoms with van der Waals surface area (Å²) < 4.78 is 69.5. The van der Waals surface area contributed by atoms with Gasteiger partial charge in [-0.3, -0.25) is 0 Å². The molecule has 0 N–H and O–H groups in total. The van der Waals surface area contributed by atoms with Crippen LogP contribution in [0.25, 0.3) is 21.5 Å². The van der Waals surface area contributed by atoms with Crippen LogP contribution in [-0.2, 0) is 45.9 Å². The van der Waals surface area contributed by atoms with Crippen molar-refractivity contribution >= 4 is 90.7 Å². The number of hydrogen-bond donors (Lipinski definition) is 0. The van der Waals surface area contributed by atoms with E-state index in [1.807, 2.05) is 24.3 Å². The van der Waals surface area contributed by atoms with Crippen LogP contribution in [0.2, 0.25) is 0 Å². The molecule has 0 radical (unpaired) electrons. The molecule has 0 unspecified atom stereocenters. The third-order valence-electron chi connectivity index (χ3n) is 10.0. The second-order valence-electron chi connectivity index (χ2n) is 14.3. The van der Waals surface area contributed by atoms with Crippen LogP contribution in [-0.4, -0.2) is 74.8 Å². The van der Waals surface area contributed by atoms with Gasteiger partial charge in [0.25, 0.3) is 0 Å². The summed E-state index contributed by atoms with van der Waals surface area (Å²) in [6.07, 6.45) is 22.3. The van der Waals surface area contributed by atoms with Gasteiger partial charge in [-0.15, -0.1) is 0 Å². The number of aryl methyl sites for hydroxylation is 4. The molecule has 6 nitrogen and oxygen atoms in total. The zero-order valence-corrected chi connectivity index (χ0v) is 39.0. The molecule has 4 rings (SSSR count). The minimum absolute atomic E-state index is 0. The summed E-state index contributed by atoms with van der Waals surface area (Å²) in [5, 5.41) is 4.07. The van der Waals surface area contributed by atoms with Crippen molar-refractivity contribution in [3.63, 3.8) is 0 Å². The predicted octanol–water partition coefficient (Wildman–Crippen LogP) is 11.6. The Morgan fingerprint density at radius 2 is 0.717 bits per heavy atom. The molecular formula is C44H62BaO6S2. The van der Waals surface area contributed by atoms with Crippen molar-refractivity contribution in [2.75, 3.05) is 0 Å². The molecule has 0 fully saturated rings. The molecule has 0 spiro atoms. The monoisotopic (exact) mass is 888 g/mol. The number of unbranched alkanes of at least 4 members (excludes halogenated alkanes) is 12. The van der Waals surface area contributed by atoms with Crippen molar-refractivity contribution < 1.29 is 25.9 Å². The first-order chi connectivity index (χ1) is 24.9. The van der Waals surface area contributed by atoms with Gasteiger partial charge in [0.15, 0.2) is 0 Å². The van der Waals surface area contributed by atoms with Crippen LogP contribution in [0, 0.1) is 0 Å². The van der Waals surface area contributed by atoms with Crippen LogP contribution in [0.1, 0.15) is 153 Å². The Morgan fingerprint density at radius 3 is 1.00 bits per heavy atom. The van der Waals surface area contributed by atoms with Crippen LogP contribution in [0.5, 0.6) is 0 Å². The Bertz CT molecular complexity index is 1770. The summed E-state index contributed by atoms with van der Waals surface area (Å²) in [4.78, 5) is -0.197. The van der Waals surface area contributed by atoms with Crippen molar-refractivity contribution in [1.82, 2.24) is 0 Å². The van der Waals surface area contributed by atoms with Crippen LogP contribution in [0.4, 0.5) is 0 Å². The van der Waals surface area contributed by atoms with E-state index in [4.69, 9.17) is 0 Å². The zero-order chi connectivity index (χ0) is 38.0. The molecule has 4 aromatic rings. The van der Waals surface area contributed by atoms with Gasteiger partial charge in [-0.25, -0.2) is 16.8 Å². The molecule has 0 aliphatic carbocycles. The van der Waals surface area contributed by atoms with E-state index < -0.39 is 20.2 Å². The number of benzene rings is 4. The van der Waals surface area contributed by atoms with Gasteiger partial charge in [-0.2, -0.15) is 0 Å². The predicted molar refractivity (Wildman–Crippen MR) is 221 cm³/mol. The average Bonchev–Trinajstić information content (AvgIpc) is 3.11. The Labute approximate surface area is 361 Å². The summed E-state index contributed by atoms with van der Waals surface area (Å²) >= 11 is 0. The molecule has 0 saturated heterocycles. The number of fused-ring (bicyclic) bond motifs is 2. The Balaban J connectivity index is 0.000000360. The van der Waals surface area contributed by atoms with Crippen molar-refractivity contribution in [2.24, 2.45) is 0 Å². The van der Waals surface area contributed by atoms with E-state index in [2.05, 4.69) is 39.8 Å². The molecule has 0 bridgehead atoms.